The maximum atomic E-state index is 12.7. The monoisotopic (exact) mass is 340 g/mol. The van der Waals surface area contributed by atoms with Crippen LogP contribution < -0.4 is 9.47 Å². The summed E-state index contributed by atoms with van der Waals surface area (Å²) in [4.78, 5) is 16.7. The molecule has 8 heteroatoms. The molecule has 0 radical (unpaired) electrons. The van der Waals surface area contributed by atoms with E-state index in [1.54, 1.807) is 26.4 Å². The number of methoxy groups -OCH3 is 2. The molecule has 126 valence electrons. The Balaban J connectivity index is 0.00000192. The highest BCUT2D eigenvalue weighted by atomic mass is 35.5. The van der Waals surface area contributed by atoms with Crippen molar-refractivity contribution in [2.24, 2.45) is 0 Å². The van der Waals surface area contributed by atoms with Gasteiger partial charge in [0.25, 0.3) is 5.91 Å². The van der Waals surface area contributed by atoms with Crippen LogP contribution in [0.5, 0.6) is 11.5 Å². The van der Waals surface area contributed by atoms with Crippen molar-refractivity contribution in [1.29, 1.82) is 0 Å². The predicted molar refractivity (Wildman–Crippen MR) is 89.8 cm³/mol. The van der Waals surface area contributed by atoms with Gasteiger partial charge < -0.3 is 19.3 Å². The third-order valence-electron chi connectivity index (χ3n) is 4.06. The molecule has 1 aromatic carbocycles. The Kier molecular flexibility index (Phi) is 5.33. The molecule has 2 aromatic rings. The quantitative estimate of drug-likeness (QED) is 0.914. The van der Waals surface area contributed by atoms with Crippen LogP contribution in [0.1, 0.15) is 10.5 Å². The number of amides is 1. The molecule has 0 bridgehead atoms. The number of carbonyl (C=O) groups is 1. The van der Waals surface area contributed by atoms with Crippen LogP contribution in [0.4, 0.5) is 0 Å². The van der Waals surface area contributed by atoms with Crippen LogP contribution in [0.15, 0.2) is 12.1 Å². The molecular weight excluding hydrogens is 320 g/mol. The number of likely N-dealkylation sites (N-methyl/N-ethyl adjacent to an activating group) is 1. The van der Waals surface area contributed by atoms with E-state index in [2.05, 4.69) is 22.1 Å². The summed E-state index contributed by atoms with van der Waals surface area (Å²) in [6, 6.07) is 3.59. The van der Waals surface area contributed by atoms with E-state index in [1.807, 2.05) is 4.90 Å². The molecule has 0 saturated carbocycles. The number of carbonyl (C=O) groups excluding carboxylic acids is 1. The summed E-state index contributed by atoms with van der Waals surface area (Å²) in [7, 11) is 5.21. The van der Waals surface area contributed by atoms with Crippen LogP contribution >= 0.6 is 12.4 Å². The second-order valence-electron chi connectivity index (χ2n) is 5.42. The predicted octanol–water partition coefficient (Wildman–Crippen LogP) is 1.39. The maximum absolute atomic E-state index is 12.7. The lowest BCUT2D eigenvalue weighted by molar-refractivity contribution is 0.0660. The van der Waals surface area contributed by atoms with Crippen molar-refractivity contribution in [1.82, 2.24) is 20.0 Å². The van der Waals surface area contributed by atoms with Gasteiger partial charge in [-0.2, -0.15) is 5.10 Å². The molecule has 0 spiro atoms. The molecule has 1 fully saturated rings. The van der Waals surface area contributed by atoms with E-state index >= 15 is 0 Å². The number of aromatic nitrogens is 2. The minimum absolute atomic E-state index is 0. The Labute approximate surface area is 140 Å². The van der Waals surface area contributed by atoms with Crippen molar-refractivity contribution in [3.8, 4) is 11.5 Å². The number of nitrogens with one attached hydrogen (secondary N) is 1. The van der Waals surface area contributed by atoms with Crippen molar-refractivity contribution in [3.63, 3.8) is 0 Å². The standard InChI is InChI=1S/C15H20N4O3.ClH/c1-18-4-6-19(7-5-18)15(20)14-10-8-12(21-2)13(22-3)9-11(10)16-17-14;/h8-9H,4-7H2,1-3H3,(H,16,17);1H. The van der Waals surface area contributed by atoms with Crippen LogP contribution in [0.3, 0.4) is 0 Å². The first-order valence-corrected chi connectivity index (χ1v) is 7.22. The number of rotatable bonds is 3. The summed E-state index contributed by atoms with van der Waals surface area (Å²) in [5, 5.41) is 7.85. The lowest BCUT2D eigenvalue weighted by Crippen LogP contribution is -2.47. The van der Waals surface area contributed by atoms with E-state index in [0.29, 0.717) is 17.2 Å². The van der Waals surface area contributed by atoms with Gasteiger partial charge in [0, 0.05) is 37.6 Å². The Morgan fingerprint density at radius 1 is 1.13 bits per heavy atom. The number of ether oxygens (including phenoxy) is 2. The fraction of sp³-hybridized carbons (Fsp3) is 0.467. The van der Waals surface area contributed by atoms with E-state index in [0.717, 1.165) is 37.1 Å². The molecule has 1 aromatic heterocycles. The third-order valence-corrected chi connectivity index (χ3v) is 4.06. The molecule has 0 aliphatic carbocycles. The number of fused-ring (bicyclic) bond motifs is 1. The smallest absolute Gasteiger partial charge is 0.275 e. The number of nitrogens with zero attached hydrogens (tertiary/aromatic N) is 3. The van der Waals surface area contributed by atoms with Gasteiger partial charge in [-0.15, -0.1) is 12.4 Å². The first-order valence-electron chi connectivity index (χ1n) is 7.22. The number of H-pyrrole nitrogens is 1. The lowest BCUT2D eigenvalue weighted by Gasteiger charge is -2.32. The van der Waals surface area contributed by atoms with Crippen molar-refractivity contribution in [3.05, 3.63) is 17.8 Å². The molecule has 7 nitrogen and oxygen atoms in total. The van der Waals surface area contributed by atoms with E-state index in [9.17, 15) is 4.79 Å². The first kappa shape index (κ1) is 17.4. The fourth-order valence-electron chi connectivity index (χ4n) is 2.67. The first-order chi connectivity index (χ1) is 10.6. The molecule has 1 aliphatic heterocycles. The zero-order valence-electron chi connectivity index (χ0n) is 13.5. The summed E-state index contributed by atoms with van der Waals surface area (Å²) >= 11 is 0. The van der Waals surface area contributed by atoms with Crippen LogP contribution in [-0.2, 0) is 0 Å². The van der Waals surface area contributed by atoms with Gasteiger partial charge in [-0.1, -0.05) is 0 Å². The summed E-state index contributed by atoms with van der Waals surface area (Å²) in [6.45, 7) is 3.20. The molecule has 1 amide bonds. The number of hydrogen-bond acceptors (Lipinski definition) is 5. The van der Waals surface area contributed by atoms with Gasteiger partial charge in [-0.25, -0.2) is 0 Å². The Morgan fingerprint density at radius 2 is 1.74 bits per heavy atom. The van der Waals surface area contributed by atoms with Crippen molar-refractivity contribution >= 4 is 29.2 Å². The topological polar surface area (TPSA) is 70.7 Å². The van der Waals surface area contributed by atoms with Crippen molar-refractivity contribution in [2.75, 3.05) is 47.4 Å². The minimum atomic E-state index is -0.0495. The Hall–Kier alpha value is -1.99. The number of benzene rings is 1. The SMILES string of the molecule is COc1cc2[nH]nc(C(=O)N3CCN(C)CC3)c2cc1OC.Cl. The average Bonchev–Trinajstić information content (AvgIpc) is 2.96. The normalized spacial score (nSPS) is 15.3. The van der Waals surface area contributed by atoms with Crippen molar-refractivity contribution < 1.29 is 14.3 Å². The second-order valence-corrected chi connectivity index (χ2v) is 5.42. The maximum Gasteiger partial charge on any atom is 0.275 e. The van der Waals surface area contributed by atoms with Crippen LogP contribution in [0, 0.1) is 0 Å². The summed E-state index contributed by atoms with van der Waals surface area (Å²) in [6.07, 6.45) is 0. The van der Waals surface area contributed by atoms with Gasteiger partial charge in [0.05, 0.1) is 19.7 Å². The number of aromatic amines is 1. The zero-order chi connectivity index (χ0) is 15.7. The summed E-state index contributed by atoms with van der Waals surface area (Å²) in [5.74, 6) is 1.15. The highest BCUT2D eigenvalue weighted by Gasteiger charge is 2.24. The number of piperazine rings is 1. The Bertz CT molecular complexity index is 695. The van der Waals surface area contributed by atoms with Crippen LogP contribution in [-0.4, -0.2) is 73.4 Å². The fourth-order valence-corrected chi connectivity index (χ4v) is 2.67. The molecule has 1 saturated heterocycles. The molecular formula is C15H21ClN4O3. The second kappa shape index (κ2) is 7.06. The molecule has 0 atom stereocenters. The largest absolute Gasteiger partial charge is 0.493 e. The molecule has 0 unspecified atom stereocenters. The van der Waals surface area contributed by atoms with Gasteiger partial charge in [-0.05, 0) is 13.1 Å². The van der Waals surface area contributed by atoms with Crippen LogP contribution in [0.25, 0.3) is 10.9 Å². The van der Waals surface area contributed by atoms with E-state index in [1.165, 1.54) is 0 Å². The minimum Gasteiger partial charge on any atom is -0.493 e. The third kappa shape index (κ3) is 3.20. The highest BCUT2D eigenvalue weighted by Crippen LogP contribution is 2.32. The number of halogens is 1. The van der Waals surface area contributed by atoms with Gasteiger partial charge in [-0.3, -0.25) is 9.89 Å². The van der Waals surface area contributed by atoms with Gasteiger partial charge in [0.1, 0.15) is 0 Å². The summed E-state index contributed by atoms with van der Waals surface area (Å²) < 4.78 is 10.6. The number of hydrogen-bond donors (Lipinski definition) is 1. The van der Waals surface area contributed by atoms with Crippen LogP contribution in [0.2, 0.25) is 0 Å². The summed E-state index contributed by atoms with van der Waals surface area (Å²) in [5.41, 5.74) is 1.19. The Morgan fingerprint density at radius 3 is 2.35 bits per heavy atom. The van der Waals surface area contributed by atoms with E-state index < -0.39 is 0 Å². The van der Waals surface area contributed by atoms with Gasteiger partial charge in [0.15, 0.2) is 17.2 Å². The zero-order valence-corrected chi connectivity index (χ0v) is 14.3. The van der Waals surface area contributed by atoms with E-state index in [4.69, 9.17) is 9.47 Å². The molecule has 1 N–H and O–H groups in total. The highest BCUT2D eigenvalue weighted by molar-refractivity contribution is 6.05. The average molecular weight is 341 g/mol. The molecule has 3 rings (SSSR count). The van der Waals surface area contributed by atoms with E-state index in [-0.39, 0.29) is 18.3 Å². The molecule has 23 heavy (non-hydrogen) atoms. The molecule has 2 heterocycles. The lowest BCUT2D eigenvalue weighted by atomic mass is 10.1. The van der Waals surface area contributed by atoms with Gasteiger partial charge >= 0.3 is 0 Å². The van der Waals surface area contributed by atoms with Gasteiger partial charge in [0.2, 0.25) is 0 Å². The molecule has 1 aliphatic rings. The van der Waals surface area contributed by atoms with Crippen molar-refractivity contribution in [2.45, 2.75) is 0 Å².